The highest BCUT2D eigenvalue weighted by Gasteiger charge is 2.38. The highest BCUT2D eigenvalue weighted by Crippen LogP contribution is 2.24. The second kappa shape index (κ2) is 5.56. The first-order chi connectivity index (χ1) is 11.4. The fraction of sp³-hybridized carbons (Fsp3) is 0.500. The molecule has 1 atom stereocenters. The molecule has 0 unspecified atom stereocenters. The average Bonchev–Trinajstić information content (AvgIpc) is 3.04. The number of nitrogens with zero attached hydrogens (tertiary/aromatic N) is 3. The number of hydrogen-bond acceptors (Lipinski definition) is 4. The van der Waals surface area contributed by atoms with Gasteiger partial charge in [-0.2, -0.15) is 0 Å². The fourth-order valence-corrected chi connectivity index (χ4v) is 4.79. The van der Waals surface area contributed by atoms with Crippen molar-refractivity contribution in [3.8, 4) is 0 Å². The molecule has 0 radical (unpaired) electrons. The van der Waals surface area contributed by atoms with E-state index in [1.165, 1.54) is 0 Å². The van der Waals surface area contributed by atoms with Gasteiger partial charge in [0.25, 0.3) is 5.91 Å². The van der Waals surface area contributed by atoms with Gasteiger partial charge in [0.15, 0.2) is 0 Å². The number of amides is 1. The van der Waals surface area contributed by atoms with Crippen LogP contribution >= 0.6 is 0 Å². The van der Waals surface area contributed by atoms with Crippen LogP contribution in [0, 0.1) is 6.92 Å². The maximum absolute atomic E-state index is 12.8. The largest absolute Gasteiger partial charge is 0.336 e. The van der Waals surface area contributed by atoms with Crippen molar-refractivity contribution in [3.63, 3.8) is 0 Å². The zero-order chi connectivity index (χ0) is 16.9. The lowest BCUT2D eigenvalue weighted by Crippen LogP contribution is -2.38. The molecule has 0 spiro atoms. The molecule has 8 heteroatoms. The van der Waals surface area contributed by atoms with Crippen LogP contribution < -0.4 is 4.72 Å². The molecule has 1 aliphatic heterocycles. The molecule has 2 aromatic rings. The lowest BCUT2D eigenvalue weighted by Gasteiger charge is -2.16. The number of aryl methyl sites for hydroxylation is 1. The third kappa shape index (κ3) is 2.80. The van der Waals surface area contributed by atoms with Crippen LogP contribution in [0.4, 0.5) is 0 Å². The molecule has 3 heterocycles. The number of imidazole rings is 1. The molecule has 1 saturated carbocycles. The summed E-state index contributed by atoms with van der Waals surface area (Å²) in [5.41, 5.74) is 2.22. The van der Waals surface area contributed by atoms with Crippen molar-refractivity contribution < 1.29 is 13.2 Å². The Morgan fingerprint density at radius 3 is 2.83 bits per heavy atom. The summed E-state index contributed by atoms with van der Waals surface area (Å²) in [5.74, 6) is -0.169. The SMILES string of the molecule is Cc1ccc2ncc(C(=O)N3CC[C@@H](S(=O)(=O)NC4CC4)C3)n2c1. The van der Waals surface area contributed by atoms with E-state index in [0.29, 0.717) is 24.3 Å². The van der Waals surface area contributed by atoms with Crippen LogP contribution in [0.2, 0.25) is 0 Å². The molecular weight excluding hydrogens is 328 g/mol. The Hall–Kier alpha value is -1.93. The van der Waals surface area contributed by atoms with Crippen LogP contribution in [0.3, 0.4) is 0 Å². The second-order valence-corrected chi connectivity index (χ2v) is 8.67. The van der Waals surface area contributed by atoms with E-state index in [1.807, 2.05) is 25.3 Å². The minimum atomic E-state index is -3.35. The summed E-state index contributed by atoms with van der Waals surface area (Å²) in [7, 11) is -3.35. The number of sulfonamides is 1. The zero-order valence-electron chi connectivity index (χ0n) is 13.5. The maximum Gasteiger partial charge on any atom is 0.272 e. The summed E-state index contributed by atoms with van der Waals surface area (Å²) in [6.45, 7) is 2.64. The van der Waals surface area contributed by atoms with Gasteiger partial charge in [0, 0.05) is 25.3 Å². The number of likely N-dealkylation sites (tertiary alicyclic amines) is 1. The summed E-state index contributed by atoms with van der Waals surface area (Å²) < 4.78 is 29.1. The molecule has 1 amide bonds. The van der Waals surface area contributed by atoms with Crippen LogP contribution in [-0.2, 0) is 10.0 Å². The van der Waals surface area contributed by atoms with Crippen molar-refractivity contribution in [1.29, 1.82) is 0 Å². The van der Waals surface area contributed by atoms with Crippen LogP contribution in [0.15, 0.2) is 24.5 Å². The number of carbonyl (C=O) groups excluding carboxylic acids is 1. The molecule has 0 bridgehead atoms. The first-order valence-electron chi connectivity index (χ1n) is 8.18. The Balaban J connectivity index is 1.53. The Kier molecular flexibility index (Phi) is 3.61. The second-order valence-electron chi connectivity index (χ2n) is 6.68. The van der Waals surface area contributed by atoms with E-state index in [-0.39, 0.29) is 18.5 Å². The third-order valence-corrected chi connectivity index (χ3v) is 6.58. The summed E-state index contributed by atoms with van der Waals surface area (Å²) in [6.07, 6.45) is 5.73. The van der Waals surface area contributed by atoms with Crippen molar-refractivity contribution in [3.05, 3.63) is 35.8 Å². The minimum absolute atomic E-state index is 0.0986. The predicted molar refractivity (Wildman–Crippen MR) is 89.3 cm³/mol. The summed E-state index contributed by atoms with van der Waals surface area (Å²) in [6, 6.07) is 3.91. The van der Waals surface area contributed by atoms with Gasteiger partial charge >= 0.3 is 0 Å². The number of hydrogen-bond donors (Lipinski definition) is 1. The first-order valence-corrected chi connectivity index (χ1v) is 9.73. The van der Waals surface area contributed by atoms with Gasteiger partial charge in [0.05, 0.1) is 11.4 Å². The standard InChI is InChI=1S/C16H20N4O3S/c1-11-2-5-15-17-8-14(20(15)9-11)16(21)19-7-6-13(10-19)24(22,23)18-12-3-4-12/h2,5,8-9,12-13,18H,3-4,6-7,10H2,1H3/t13-/m1/s1. The Morgan fingerprint density at radius 1 is 1.29 bits per heavy atom. The Morgan fingerprint density at radius 2 is 2.08 bits per heavy atom. The highest BCUT2D eigenvalue weighted by molar-refractivity contribution is 7.90. The van der Waals surface area contributed by atoms with Gasteiger partial charge in [0.2, 0.25) is 10.0 Å². The van der Waals surface area contributed by atoms with E-state index < -0.39 is 15.3 Å². The van der Waals surface area contributed by atoms with E-state index in [0.717, 1.165) is 18.4 Å². The molecule has 1 N–H and O–H groups in total. The maximum atomic E-state index is 12.8. The molecule has 2 aliphatic rings. The molecule has 24 heavy (non-hydrogen) atoms. The van der Waals surface area contributed by atoms with E-state index >= 15 is 0 Å². The first kappa shape index (κ1) is 15.6. The van der Waals surface area contributed by atoms with Crippen molar-refractivity contribution in [1.82, 2.24) is 19.0 Å². The summed E-state index contributed by atoms with van der Waals surface area (Å²) in [5, 5.41) is -0.525. The van der Waals surface area contributed by atoms with E-state index in [4.69, 9.17) is 0 Å². The Bertz CT molecular complexity index is 901. The molecule has 2 fully saturated rings. The van der Waals surface area contributed by atoms with Gasteiger partial charge in [-0.15, -0.1) is 0 Å². The average molecular weight is 348 g/mol. The van der Waals surface area contributed by atoms with E-state index in [9.17, 15) is 13.2 Å². The van der Waals surface area contributed by atoms with Gasteiger partial charge < -0.3 is 4.90 Å². The molecule has 0 aromatic carbocycles. The van der Waals surface area contributed by atoms with Crippen LogP contribution in [0.1, 0.15) is 35.3 Å². The number of rotatable bonds is 4. The molecule has 1 saturated heterocycles. The van der Waals surface area contributed by atoms with Crippen molar-refractivity contribution in [2.45, 2.75) is 37.5 Å². The van der Waals surface area contributed by atoms with Gasteiger partial charge in [-0.3, -0.25) is 9.20 Å². The number of nitrogens with one attached hydrogen (secondary N) is 1. The number of fused-ring (bicyclic) bond motifs is 1. The predicted octanol–water partition coefficient (Wildman–Crippen LogP) is 0.939. The molecular formula is C16H20N4O3S. The highest BCUT2D eigenvalue weighted by atomic mass is 32.2. The normalized spacial score (nSPS) is 21.5. The number of carbonyl (C=O) groups is 1. The van der Waals surface area contributed by atoms with E-state index in [2.05, 4.69) is 9.71 Å². The van der Waals surface area contributed by atoms with Crippen LogP contribution in [0.25, 0.3) is 5.65 Å². The minimum Gasteiger partial charge on any atom is -0.336 e. The molecule has 2 aromatic heterocycles. The lowest BCUT2D eigenvalue weighted by atomic mass is 10.3. The fourth-order valence-electron chi connectivity index (χ4n) is 3.10. The number of pyridine rings is 1. The summed E-state index contributed by atoms with van der Waals surface area (Å²) >= 11 is 0. The van der Waals surface area contributed by atoms with Gasteiger partial charge in [-0.05, 0) is 37.8 Å². The van der Waals surface area contributed by atoms with Crippen LogP contribution in [-0.4, -0.2) is 53.0 Å². The van der Waals surface area contributed by atoms with Crippen molar-refractivity contribution in [2.75, 3.05) is 13.1 Å². The molecule has 4 rings (SSSR count). The topological polar surface area (TPSA) is 83.8 Å². The van der Waals surface area contributed by atoms with Gasteiger partial charge in [0.1, 0.15) is 11.3 Å². The summed E-state index contributed by atoms with van der Waals surface area (Å²) in [4.78, 5) is 18.7. The van der Waals surface area contributed by atoms with Crippen molar-refractivity contribution in [2.24, 2.45) is 0 Å². The Labute approximate surface area is 140 Å². The lowest BCUT2D eigenvalue weighted by molar-refractivity contribution is 0.0786. The van der Waals surface area contributed by atoms with Gasteiger partial charge in [-0.25, -0.2) is 18.1 Å². The third-order valence-electron chi connectivity index (χ3n) is 4.65. The molecule has 7 nitrogen and oxygen atoms in total. The monoisotopic (exact) mass is 348 g/mol. The van der Waals surface area contributed by atoms with Crippen LogP contribution in [0.5, 0.6) is 0 Å². The molecule has 128 valence electrons. The molecule has 1 aliphatic carbocycles. The quantitative estimate of drug-likeness (QED) is 0.891. The number of aromatic nitrogens is 2. The zero-order valence-corrected chi connectivity index (χ0v) is 14.3. The van der Waals surface area contributed by atoms with Gasteiger partial charge in [-0.1, -0.05) is 6.07 Å². The van der Waals surface area contributed by atoms with Crippen molar-refractivity contribution >= 4 is 21.6 Å². The smallest absolute Gasteiger partial charge is 0.272 e. The van der Waals surface area contributed by atoms with E-state index in [1.54, 1.807) is 15.5 Å².